The molecule has 0 rings (SSSR count). The first kappa shape index (κ1) is 16.7. The molecule has 0 aliphatic carbocycles. The topological polar surface area (TPSA) is 130 Å². The molecular formula is C9H22N2O4. The normalized spacial score (nSPS) is 11.5. The van der Waals surface area contributed by atoms with Gasteiger partial charge in [0.05, 0.1) is 0 Å². The molecule has 0 aromatic carbocycles. The van der Waals surface area contributed by atoms with Gasteiger partial charge < -0.3 is 26.8 Å². The van der Waals surface area contributed by atoms with E-state index in [1.807, 2.05) is 0 Å². The van der Waals surface area contributed by atoms with Crippen LogP contribution in [-0.4, -0.2) is 47.1 Å². The van der Waals surface area contributed by atoms with Crippen LogP contribution in [0.4, 0.5) is 0 Å². The predicted octanol–water partition coefficient (Wildman–Crippen LogP) is -1.11. The molecule has 0 amide bonds. The molecule has 7 N–H and O–H groups in total. The standard InChI is InChI=1S/C6H14N2O2.C3H8O2/c7-4-2-1-3-5(8)6(9)10;4-2-1-3-5/h5H,1-4,7-8H2,(H,9,10);4-5H,1-3H2/t5-;/m0./s1. The minimum absolute atomic E-state index is 0.0938. The van der Waals surface area contributed by atoms with Crippen LogP contribution in [0.3, 0.4) is 0 Å². The summed E-state index contributed by atoms with van der Waals surface area (Å²) in [7, 11) is 0. The second-order valence-electron chi connectivity index (χ2n) is 3.03. The van der Waals surface area contributed by atoms with E-state index in [0.29, 0.717) is 19.4 Å². The SMILES string of the molecule is NCCCC[C@H](N)C(=O)O.OCCCO. The first-order chi connectivity index (χ1) is 7.09. The summed E-state index contributed by atoms with van der Waals surface area (Å²) in [6.07, 6.45) is 2.66. The summed E-state index contributed by atoms with van der Waals surface area (Å²) >= 11 is 0. The van der Waals surface area contributed by atoms with Crippen LogP contribution >= 0.6 is 0 Å². The van der Waals surface area contributed by atoms with Gasteiger partial charge in [-0.2, -0.15) is 0 Å². The Bertz CT molecular complexity index is 142. The lowest BCUT2D eigenvalue weighted by Gasteiger charge is -2.03. The van der Waals surface area contributed by atoms with E-state index >= 15 is 0 Å². The Hall–Kier alpha value is -0.690. The van der Waals surface area contributed by atoms with Gasteiger partial charge in [0, 0.05) is 13.2 Å². The van der Waals surface area contributed by atoms with Crippen molar-refractivity contribution >= 4 is 5.97 Å². The van der Waals surface area contributed by atoms with Crippen molar-refractivity contribution in [2.75, 3.05) is 19.8 Å². The first-order valence-electron chi connectivity index (χ1n) is 5.00. The molecule has 0 saturated heterocycles. The number of aliphatic hydroxyl groups excluding tert-OH is 2. The quantitative estimate of drug-likeness (QED) is 0.347. The van der Waals surface area contributed by atoms with Crippen LogP contribution in [-0.2, 0) is 4.79 Å². The van der Waals surface area contributed by atoms with E-state index in [0.717, 1.165) is 12.8 Å². The number of aliphatic hydroxyl groups is 2. The highest BCUT2D eigenvalue weighted by Gasteiger charge is 2.09. The average molecular weight is 222 g/mol. The van der Waals surface area contributed by atoms with E-state index in [1.165, 1.54) is 0 Å². The smallest absolute Gasteiger partial charge is 0.320 e. The number of nitrogens with two attached hydrogens (primary N) is 2. The summed E-state index contributed by atoms with van der Waals surface area (Å²) in [5, 5.41) is 24.1. The number of hydrogen-bond acceptors (Lipinski definition) is 5. The number of carbonyl (C=O) groups is 1. The van der Waals surface area contributed by atoms with E-state index < -0.39 is 12.0 Å². The van der Waals surface area contributed by atoms with Crippen molar-refractivity contribution in [3.63, 3.8) is 0 Å². The van der Waals surface area contributed by atoms with E-state index in [2.05, 4.69) is 0 Å². The number of rotatable bonds is 7. The van der Waals surface area contributed by atoms with Crippen molar-refractivity contribution in [2.24, 2.45) is 11.5 Å². The van der Waals surface area contributed by atoms with E-state index in [9.17, 15) is 4.79 Å². The Morgan fingerprint density at radius 2 is 1.67 bits per heavy atom. The van der Waals surface area contributed by atoms with Crippen LogP contribution in [0.15, 0.2) is 0 Å². The first-order valence-corrected chi connectivity index (χ1v) is 5.00. The zero-order chi connectivity index (χ0) is 12.1. The van der Waals surface area contributed by atoms with Crippen LogP contribution in [0.2, 0.25) is 0 Å². The third kappa shape index (κ3) is 16.0. The fourth-order valence-corrected chi connectivity index (χ4v) is 0.703. The van der Waals surface area contributed by atoms with Gasteiger partial charge in [0.15, 0.2) is 0 Å². The van der Waals surface area contributed by atoms with Crippen molar-refractivity contribution in [3.8, 4) is 0 Å². The van der Waals surface area contributed by atoms with Crippen LogP contribution in [0.5, 0.6) is 0 Å². The van der Waals surface area contributed by atoms with Crippen LogP contribution in [0.25, 0.3) is 0 Å². The second kappa shape index (κ2) is 13.3. The van der Waals surface area contributed by atoms with E-state index in [4.69, 9.17) is 26.8 Å². The molecule has 0 radical (unpaired) electrons. The molecule has 0 aliphatic heterocycles. The number of aliphatic carboxylic acids is 1. The Labute approximate surface area is 89.9 Å². The lowest BCUT2D eigenvalue weighted by molar-refractivity contribution is -0.138. The monoisotopic (exact) mass is 222 g/mol. The molecule has 6 nitrogen and oxygen atoms in total. The minimum Gasteiger partial charge on any atom is -0.480 e. The third-order valence-electron chi connectivity index (χ3n) is 1.60. The van der Waals surface area contributed by atoms with Gasteiger partial charge in [-0.15, -0.1) is 0 Å². The summed E-state index contributed by atoms with van der Waals surface area (Å²) < 4.78 is 0. The van der Waals surface area contributed by atoms with E-state index in [-0.39, 0.29) is 13.2 Å². The molecule has 6 heteroatoms. The summed E-state index contributed by atoms with van der Waals surface area (Å²) in [4.78, 5) is 10.1. The summed E-state index contributed by atoms with van der Waals surface area (Å²) in [6.45, 7) is 0.791. The van der Waals surface area contributed by atoms with Crippen molar-refractivity contribution in [1.29, 1.82) is 0 Å². The van der Waals surface area contributed by atoms with Gasteiger partial charge in [-0.25, -0.2) is 0 Å². The lowest BCUT2D eigenvalue weighted by Crippen LogP contribution is -2.29. The Morgan fingerprint density at radius 3 is 1.93 bits per heavy atom. The van der Waals surface area contributed by atoms with Crippen LogP contribution in [0.1, 0.15) is 25.7 Å². The highest BCUT2D eigenvalue weighted by molar-refractivity contribution is 5.72. The molecular weight excluding hydrogens is 200 g/mol. The number of unbranched alkanes of at least 4 members (excludes halogenated alkanes) is 1. The fraction of sp³-hybridized carbons (Fsp3) is 0.889. The van der Waals surface area contributed by atoms with Gasteiger partial charge in [-0.05, 0) is 25.8 Å². The predicted molar refractivity (Wildman–Crippen MR) is 57.3 cm³/mol. The third-order valence-corrected chi connectivity index (χ3v) is 1.60. The van der Waals surface area contributed by atoms with Gasteiger partial charge in [0.1, 0.15) is 6.04 Å². The summed E-state index contributed by atoms with van der Waals surface area (Å²) in [6, 6.07) is -0.716. The van der Waals surface area contributed by atoms with Crippen molar-refractivity contribution in [3.05, 3.63) is 0 Å². The molecule has 0 unspecified atom stereocenters. The zero-order valence-corrected chi connectivity index (χ0v) is 8.93. The Kier molecular flexibility index (Phi) is 14.8. The molecule has 15 heavy (non-hydrogen) atoms. The Balaban J connectivity index is 0. The number of carboxylic acids is 1. The van der Waals surface area contributed by atoms with Gasteiger partial charge in [-0.1, -0.05) is 6.42 Å². The van der Waals surface area contributed by atoms with Gasteiger partial charge >= 0.3 is 5.97 Å². The Morgan fingerprint density at radius 1 is 1.13 bits per heavy atom. The van der Waals surface area contributed by atoms with Crippen LogP contribution < -0.4 is 11.5 Å². The maximum absolute atomic E-state index is 10.1. The second-order valence-corrected chi connectivity index (χ2v) is 3.03. The van der Waals surface area contributed by atoms with Crippen LogP contribution in [0, 0.1) is 0 Å². The van der Waals surface area contributed by atoms with Crippen molar-refractivity contribution < 1.29 is 20.1 Å². The number of hydrogen-bond donors (Lipinski definition) is 5. The zero-order valence-electron chi connectivity index (χ0n) is 8.93. The summed E-state index contributed by atoms with van der Waals surface area (Å²) in [5.74, 6) is -0.933. The molecule has 0 aromatic heterocycles. The van der Waals surface area contributed by atoms with Gasteiger partial charge in [-0.3, -0.25) is 4.79 Å². The molecule has 0 aliphatic rings. The molecule has 0 fully saturated rings. The molecule has 0 aromatic rings. The van der Waals surface area contributed by atoms with Crippen molar-refractivity contribution in [2.45, 2.75) is 31.7 Å². The van der Waals surface area contributed by atoms with Gasteiger partial charge in [0.2, 0.25) is 0 Å². The number of carboxylic acid groups (broad SMARTS) is 1. The molecule has 0 bridgehead atoms. The van der Waals surface area contributed by atoms with Crippen molar-refractivity contribution in [1.82, 2.24) is 0 Å². The molecule has 1 atom stereocenters. The van der Waals surface area contributed by atoms with Gasteiger partial charge in [0.25, 0.3) is 0 Å². The largest absolute Gasteiger partial charge is 0.480 e. The molecule has 0 heterocycles. The highest BCUT2D eigenvalue weighted by Crippen LogP contribution is 1.96. The maximum Gasteiger partial charge on any atom is 0.320 e. The highest BCUT2D eigenvalue weighted by atomic mass is 16.4. The molecule has 0 saturated carbocycles. The summed E-state index contributed by atoms with van der Waals surface area (Å²) in [5.41, 5.74) is 10.4. The van der Waals surface area contributed by atoms with E-state index in [1.54, 1.807) is 0 Å². The lowest BCUT2D eigenvalue weighted by atomic mass is 10.1. The molecule has 92 valence electrons. The molecule has 0 spiro atoms. The maximum atomic E-state index is 10.1. The average Bonchev–Trinajstić information content (AvgIpc) is 2.20. The fourth-order valence-electron chi connectivity index (χ4n) is 0.703. The minimum atomic E-state index is -0.933.